The summed E-state index contributed by atoms with van der Waals surface area (Å²) in [6.45, 7) is 2.25. The normalized spacial score (nSPS) is 54.0. The molecule has 120 valence electrons. The van der Waals surface area contributed by atoms with E-state index in [4.69, 9.17) is 6.42 Å². The van der Waals surface area contributed by atoms with E-state index in [2.05, 4.69) is 12.8 Å². The second kappa shape index (κ2) is 4.84. The average molecular weight is 300 g/mol. The minimum absolute atomic E-state index is 0.0831. The van der Waals surface area contributed by atoms with E-state index < -0.39 is 5.60 Å². The lowest BCUT2D eigenvalue weighted by atomic mass is 9.49. The maximum atomic E-state index is 11.8. The molecule has 22 heavy (non-hydrogen) atoms. The molecule has 0 heterocycles. The van der Waals surface area contributed by atoms with E-state index in [0.717, 1.165) is 56.3 Å². The van der Waals surface area contributed by atoms with Crippen molar-refractivity contribution in [2.45, 2.75) is 70.3 Å². The first-order valence-corrected chi connectivity index (χ1v) is 9.20. The number of hydrogen-bond donors (Lipinski definition) is 1. The molecule has 0 spiro atoms. The van der Waals surface area contributed by atoms with Crippen LogP contribution >= 0.6 is 0 Å². The van der Waals surface area contributed by atoms with Gasteiger partial charge in [0.05, 0.1) is 0 Å². The summed E-state index contributed by atoms with van der Waals surface area (Å²) in [5.74, 6) is 6.76. The molecule has 0 radical (unpaired) electrons. The molecule has 0 aromatic heterocycles. The van der Waals surface area contributed by atoms with Gasteiger partial charge in [-0.05, 0) is 74.5 Å². The van der Waals surface area contributed by atoms with Gasteiger partial charge in [-0.2, -0.15) is 0 Å². The molecule has 1 N–H and O–H groups in total. The van der Waals surface area contributed by atoms with Crippen LogP contribution in [0.3, 0.4) is 0 Å². The largest absolute Gasteiger partial charge is 0.377 e. The second-order valence-electron chi connectivity index (χ2n) is 8.72. The van der Waals surface area contributed by atoms with Gasteiger partial charge < -0.3 is 5.11 Å². The van der Waals surface area contributed by atoms with Crippen LogP contribution in [0.25, 0.3) is 0 Å². The van der Waals surface area contributed by atoms with Crippen LogP contribution in [-0.4, -0.2) is 16.5 Å². The van der Waals surface area contributed by atoms with Crippen molar-refractivity contribution in [1.82, 2.24) is 0 Å². The summed E-state index contributed by atoms with van der Waals surface area (Å²) in [5, 5.41) is 10.9. The maximum Gasteiger partial charge on any atom is 0.133 e. The number of Topliss-reactive ketones (excluding diaryl/α,β-unsaturated/α-hetero) is 1. The van der Waals surface area contributed by atoms with Crippen LogP contribution in [-0.2, 0) is 4.79 Å². The number of terminal acetylenes is 1. The van der Waals surface area contributed by atoms with Gasteiger partial charge in [-0.1, -0.05) is 12.8 Å². The van der Waals surface area contributed by atoms with Crippen molar-refractivity contribution in [3.05, 3.63) is 0 Å². The molecule has 0 amide bonds. The van der Waals surface area contributed by atoms with Crippen molar-refractivity contribution in [3.63, 3.8) is 0 Å². The van der Waals surface area contributed by atoms with Crippen LogP contribution in [0.4, 0.5) is 0 Å². The number of aliphatic hydroxyl groups is 1. The molecule has 4 rings (SSSR count). The molecule has 4 aliphatic carbocycles. The fraction of sp³-hybridized carbons (Fsp3) is 0.850. The minimum Gasteiger partial charge on any atom is -0.377 e. The smallest absolute Gasteiger partial charge is 0.133 e. The molecular weight excluding hydrogens is 272 g/mol. The van der Waals surface area contributed by atoms with Crippen molar-refractivity contribution >= 4 is 5.78 Å². The van der Waals surface area contributed by atoms with Gasteiger partial charge in [0.1, 0.15) is 11.4 Å². The van der Waals surface area contributed by atoms with Crippen LogP contribution in [0.2, 0.25) is 0 Å². The van der Waals surface area contributed by atoms with E-state index in [1.165, 1.54) is 19.3 Å². The fourth-order valence-electron chi connectivity index (χ4n) is 6.91. The lowest BCUT2D eigenvalue weighted by Gasteiger charge is -2.56. The van der Waals surface area contributed by atoms with Crippen LogP contribution in [0, 0.1) is 47.3 Å². The first kappa shape index (κ1) is 14.8. The monoisotopic (exact) mass is 300 g/mol. The fourth-order valence-corrected chi connectivity index (χ4v) is 6.91. The Kier molecular flexibility index (Phi) is 3.25. The highest BCUT2D eigenvalue weighted by atomic mass is 16.3. The van der Waals surface area contributed by atoms with Gasteiger partial charge in [-0.25, -0.2) is 0 Å². The van der Waals surface area contributed by atoms with Crippen LogP contribution in [0.1, 0.15) is 64.7 Å². The zero-order valence-corrected chi connectivity index (χ0v) is 13.7. The number of carbonyl (C=O) groups is 1. The summed E-state index contributed by atoms with van der Waals surface area (Å²) in [7, 11) is 0. The molecule has 0 unspecified atom stereocenters. The van der Waals surface area contributed by atoms with Gasteiger partial charge in [-0.15, -0.1) is 6.42 Å². The van der Waals surface area contributed by atoms with Crippen LogP contribution in [0.5, 0.6) is 0 Å². The SMILES string of the molecule is C#C[C@]1(O)CC[C@@H]2[C@@H]3CC[C@@H]4CC(=O)CC[C@H]4[C@H]3CC[C@@]21C. The Morgan fingerprint density at radius 3 is 2.68 bits per heavy atom. The Morgan fingerprint density at radius 2 is 1.91 bits per heavy atom. The topological polar surface area (TPSA) is 37.3 Å². The molecule has 4 aliphatic rings. The third-order valence-electron chi connectivity index (χ3n) is 8.16. The highest BCUT2D eigenvalue weighted by Gasteiger charge is 2.62. The molecular formula is C20H28O2. The first-order chi connectivity index (χ1) is 10.5. The predicted octanol–water partition coefficient (Wildman–Crippen LogP) is 3.57. The standard InChI is InChI=1S/C20H28O2/c1-3-20(22)11-9-18-17-6-4-13-12-14(21)5-7-15(13)16(17)8-10-19(18,20)2/h1,13,15-18,22H,4-12H2,2H3/t13-,15-,16-,17-,18-,19+,20+/m1/s1. The van der Waals surface area contributed by atoms with Crippen molar-refractivity contribution in [2.24, 2.45) is 35.0 Å². The highest BCUT2D eigenvalue weighted by molar-refractivity contribution is 5.79. The molecule has 7 atom stereocenters. The Balaban J connectivity index is 1.61. The molecule has 0 aromatic carbocycles. The van der Waals surface area contributed by atoms with E-state index in [1.54, 1.807) is 0 Å². The summed E-state index contributed by atoms with van der Waals surface area (Å²) in [4.78, 5) is 11.8. The van der Waals surface area contributed by atoms with Crippen molar-refractivity contribution in [2.75, 3.05) is 0 Å². The van der Waals surface area contributed by atoms with Gasteiger partial charge in [0, 0.05) is 18.3 Å². The molecule has 0 bridgehead atoms. The van der Waals surface area contributed by atoms with Crippen molar-refractivity contribution in [3.8, 4) is 12.3 Å². The molecule has 0 aromatic rings. The summed E-state index contributed by atoms with van der Waals surface area (Å²) in [6, 6.07) is 0. The molecule has 0 saturated heterocycles. The third-order valence-corrected chi connectivity index (χ3v) is 8.16. The van der Waals surface area contributed by atoms with Crippen LogP contribution in [0.15, 0.2) is 0 Å². The third kappa shape index (κ3) is 1.81. The number of carbonyl (C=O) groups excluding carboxylic acids is 1. The van der Waals surface area contributed by atoms with E-state index in [-0.39, 0.29) is 5.41 Å². The van der Waals surface area contributed by atoms with Gasteiger partial charge in [0.2, 0.25) is 0 Å². The van der Waals surface area contributed by atoms with Gasteiger partial charge in [0.15, 0.2) is 0 Å². The summed E-state index contributed by atoms with van der Waals surface area (Å²) in [6.07, 6.45) is 15.1. The van der Waals surface area contributed by atoms with E-state index in [9.17, 15) is 9.90 Å². The number of fused-ring (bicyclic) bond motifs is 5. The van der Waals surface area contributed by atoms with Gasteiger partial charge >= 0.3 is 0 Å². The Labute approximate surface area is 134 Å². The maximum absolute atomic E-state index is 11.8. The Morgan fingerprint density at radius 1 is 1.09 bits per heavy atom. The molecule has 2 heteroatoms. The number of ketones is 1. The Bertz CT molecular complexity index is 532. The lowest BCUT2D eigenvalue weighted by molar-refractivity contribution is -0.130. The minimum atomic E-state index is -0.887. The molecule has 4 fully saturated rings. The summed E-state index contributed by atoms with van der Waals surface area (Å²) < 4.78 is 0. The number of rotatable bonds is 0. The van der Waals surface area contributed by atoms with Crippen molar-refractivity contribution in [1.29, 1.82) is 0 Å². The number of hydrogen-bond acceptors (Lipinski definition) is 2. The zero-order chi connectivity index (χ0) is 15.5. The second-order valence-corrected chi connectivity index (χ2v) is 8.72. The van der Waals surface area contributed by atoms with Crippen LogP contribution < -0.4 is 0 Å². The summed E-state index contributed by atoms with van der Waals surface area (Å²) >= 11 is 0. The molecule has 4 saturated carbocycles. The van der Waals surface area contributed by atoms with Gasteiger partial charge in [-0.3, -0.25) is 4.79 Å². The Hall–Kier alpha value is -0.810. The van der Waals surface area contributed by atoms with E-state index in [1.807, 2.05) is 0 Å². The van der Waals surface area contributed by atoms with Crippen molar-refractivity contribution < 1.29 is 9.90 Å². The molecule has 2 nitrogen and oxygen atoms in total. The highest BCUT2D eigenvalue weighted by Crippen LogP contribution is 2.65. The summed E-state index contributed by atoms with van der Waals surface area (Å²) in [5.41, 5.74) is -0.970. The first-order valence-electron chi connectivity index (χ1n) is 9.20. The zero-order valence-electron chi connectivity index (χ0n) is 13.7. The predicted molar refractivity (Wildman–Crippen MR) is 85.9 cm³/mol. The average Bonchev–Trinajstić information content (AvgIpc) is 2.79. The van der Waals surface area contributed by atoms with E-state index >= 15 is 0 Å². The van der Waals surface area contributed by atoms with Gasteiger partial charge in [0.25, 0.3) is 0 Å². The van der Waals surface area contributed by atoms with E-state index in [0.29, 0.717) is 17.6 Å². The molecule has 0 aliphatic heterocycles. The lowest BCUT2D eigenvalue weighted by Crippen LogP contribution is -2.53. The quantitative estimate of drug-likeness (QED) is 0.694.